The van der Waals surface area contributed by atoms with Crippen molar-refractivity contribution < 1.29 is 14.3 Å². The molecule has 0 aliphatic rings. The number of hydrogen-bond acceptors (Lipinski definition) is 6. The lowest BCUT2D eigenvalue weighted by Gasteiger charge is -2.13. The Morgan fingerprint density at radius 2 is 1.81 bits per heavy atom. The maximum atomic E-state index is 13.0. The van der Waals surface area contributed by atoms with Gasteiger partial charge in [-0.05, 0) is 36.6 Å². The molecule has 6 nitrogen and oxygen atoms in total. The van der Waals surface area contributed by atoms with Gasteiger partial charge in [0.15, 0.2) is 28.6 Å². The molecule has 0 aromatic heterocycles. The van der Waals surface area contributed by atoms with Gasteiger partial charge in [-0.25, -0.2) is 4.99 Å². The number of ketones is 1. The molecule has 134 valence electrons. The average Bonchev–Trinajstić information content (AvgIpc) is 2.67. The summed E-state index contributed by atoms with van der Waals surface area (Å²) in [5, 5.41) is 11.7. The van der Waals surface area contributed by atoms with Gasteiger partial charge in [-0.15, -0.1) is 0 Å². The van der Waals surface area contributed by atoms with Crippen LogP contribution in [0.3, 0.4) is 0 Å². The van der Waals surface area contributed by atoms with Gasteiger partial charge in [0.05, 0.1) is 25.5 Å². The number of nitriles is 1. The number of nitrogens with zero attached hydrogens (tertiary/aromatic N) is 2. The SMILES string of the molecule is COc1cc(N=C(NC#N)SC)c(C(=O)c2ccc(Br)cc2)cc1OC. The predicted octanol–water partition coefficient (Wildman–Crippen LogP) is 4.12. The van der Waals surface area contributed by atoms with E-state index in [1.54, 1.807) is 42.7 Å². The van der Waals surface area contributed by atoms with E-state index in [0.29, 0.717) is 33.5 Å². The molecule has 0 atom stereocenters. The zero-order chi connectivity index (χ0) is 19.1. The number of ether oxygens (including phenoxy) is 2. The highest BCUT2D eigenvalue weighted by Crippen LogP contribution is 2.36. The summed E-state index contributed by atoms with van der Waals surface area (Å²) in [5.74, 6) is 0.650. The first-order chi connectivity index (χ1) is 12.5. The summed E-state index contributed by atoms with van der Waals surface area (Å²) in [4.78, 5) is 17.4. The van der Waals surface area contributed by atoms with Crippen LogP contribution in [0.5, 0.6) is 11.5 Å². The van der Waals surface area contributed by atoms with Gasteiger partial charge in [-0.3, -0.25) is 10.1 Å². The Bertz CT molecular complexity index is 876. The van der Waals surface area contributed by atoms with Crippen LogP contribution in [0.25, 0.3) is 0 Å². The maximum Gasteiger partial charge on any atom is 0.195 e. The van der Waals surface area contributed by atoms with Crippen molar-refractivity contribution in [3.05, 3.63) is 52.0 Å². The standard InChI is InChI=1S/C18H16BrN3O3S/c1-24-15-8-13(17(23)11-4-6-12(19)7-5-11)14(9-16(15)25-2)22-18(26-3)21-10-20/h4-9H,1-3H3,(H,21,22). The first kappa shape index (κ1) is 19.8. The number of methoxy groups -OCH3 is 2. The van der Waals surface area contributed by atoms with E-state index >= 15 is 0 Å². The van der Waals surface area contributed by atoms with E-state index in [1.807, 2.05) is 6.19 Å². The van der Waals surface area contributed by atoms with E-state index in [0.717, 1.165) is 4.47 Å². The van der Waals surface area contributed by atoms with Crippen molar-refractivity contribution in [2.75, 3.05) is 20.5 Å². The molecule has 0 aliphatic carbocycles. The molecule has 0 heterocycles. The molecule has 26 heavy (non-hydrogen) atoms. The number of amidine groups is 1. The van der Waals surface area contributed by atoms with Gasteiger partial charge in [0.1, 0.15) is 0 Å². The number of hydrogen-bond donors (Lipinski definition) is 1. The Labute approximate surface area is 164 Å². The van der Waals surface area contributed by atoms with Gasteiger partial charge < -0.3 is 9.47 Å². The zero-order valence-corrected chi connectivity index (χ0v) is 16.8. The number of carbonyl (C=O) groups is 1. The molecule has 0 radical (unpaired) electrons. The van der Waals surface area contributed by atoms with E-state index in [4.69, 9.17) is 14.7 Å². The van der Waals surface area contributed by atoms with Crippen LogP contribution in [0.15, 0.2) is 45.9 Å². The highest BCUT2D eigenvalue weighted by molar-refractivity contribution is 9.10. The van der Waals surface area contributed by atoms with Gasteiger partial charge in [0.25, 0.3) is 0 Å². The Kier molecular flexibility index (Phi) is 7.06. The molecular weight excluding hydrogens is 418 g/mol. The van der Waals surface area contributed by atoms with Crippen LogP contribution in [0.4, 0.5) is 5.69 Å². The Balaban J connectivity index is 2.63. The van der Waals surface area contributed by atoms with Crippen molar-refractivity contribution in [2.24, 2.45) is 4.99 Å². The van der Waals surface area contributed by atoms with Crippen molar-refractivity contribution in [1.82, 2.24) is 5.32 Å². The Hall–Kier alpha value is -2.50. The van der Waals surface area contributed by atoms with Crippen LogP contribution in [-0.2, 0) is 0 Å². The third-order valence-electron chi connectivity index (χ3n) is 3.43. The van der Waals surface area contributed by atoms with Crippen LogP contribution in [-0.4, -0.2) is 31.4 Å². The second kappa shape index (κ2) is 9.27. The molecule has 0 saturated carbocycles. The molecule has 0 aliphatic heterocycles. The number of thioether (sulfide) groups is 1. The van der Waals surface area contributed by atoms with Gasteiger partial charge in [0, 0.05) is 16.1 Å². The van der Waals surface area contributed by atoms with Crippen LogP contribution in [0.2, 0.25) is 0 Å². The summed E-state index contributed by atoms with van der Waals surface area (Å²) in [6.07, 6.45) is 3.61. The number of aliphatic imine (C=N–C) groups is 1. The first-order valence-corrected chi connectivity index (χ1v) is 9.39. The lowest BCUT2D eigenvalue weighted by molar-refractivity contribution is 0.103. The fourth-order valence-corrected chi connectivity index (χ4v) is 2.78. The smallest absolute Gasteiger partial charge is 0.195 e. The minimum atomic E-state index is -0.213. The summed E-state index contributed by atoms with van der Waals surface area (Å²) in [6, 6.07) is 10.2. The Morgan fingerprint density at radius 3 is 2.35 bits per heavy atom. The quantitative estimate of drug-likeness (QED) is 0.251. The van der Waals surface area contributed by atoms with E-state index in [2.05, 4.69) is 26.2 Å². The van der Waals surface area contributed by atoms with E-state index in [-0.39, 0.29) is 5.78 Å². The molecule has 0 bridgehead atoms. The van der Waals surface area contributed by atoms with Crippen molar-refractivity contribution in [2.45, 2.75) is 0 Å². The molecule has 0 spiro atoms. The molecule has 0 fully saturated rings. The second-order valence-corrected chi connectivity index (χ2v) is 6.63. The largest absolute Gasteiger partial charge is 0.493 e. The summed E-state index contributed by atoms with van der Waals surface area (Å²) in [5.41, 5.74) is 1.23. The number of carbonyl (C=O) groups excluding carboxylic acids is 1. The molecule has 2 aromatic rings. The average molecular weight is 434 g/mol. The third kappa shape index (κ3) is 4.56. The van der Waals surface area contributed by atoms with E-state index < -0.39 is 0 Å². The lowest BCUT2D eigenvalue weighted by Crippen LogP contribution is -2.13. The Morgan fingerprint density at radius 1 is 1.19 bits per heavy atom. The molecule has 0 amide bonds. The molecule has 1 N–H and O–H groups in total. The van der Waals surface area contributed by atoms with Crippen LogP contribution in [0.1, 0.15) is 15.9 Å². The monoisotopic (exact) mass is 433 g/mol. The minimum Gasteiger partial charge on any atom is -0.493 e. The zero-order valence-electron chi connectivity index (χ0n) is 14.4. The predicted molar refractivity (Wildman–Crippen MR) is 106 cm³/mol. The number of rotatable bonds is 5. The normalized spacial score (nSPS) is 10.8. The van der Waals surface area contributed by atoms with Crippen LogP contribution >= 0.6 is 27.7 Å². The summed E-state index contributed by atoms with van der Waals surface area (Å²) >= 11 is 4.61. The van der Waals surface area contributed by atoms with Gasteiger partial charge in [0.2, 0.25) is 0 Å². The second-order valence-electron chi connectivity index (χ2n) is 4.92. The van der Waals surface area contributed by atoms with E-state index in [9.17, 15) is 4.79 Å². The fourth-order valence-electron chi connectivity index (χ4n) is 2.18. The topological polar surface area (TPSA) is 83.7 Å². The first-order valence-electron chi connectivity index (χ1n) is 7.38. The minimum absolute atomic E-state index is 0.213. The van der Waals surface area contributed by atoms with Gasteiger partial charge in [-0.2, -0.15) is 5.26 Å². The molecule has 0 unspecified atom stereocenters. The van der Waals surface area contributed by atoms with Crippen molar-refractivity contribution in [3.8, 4) is 17.7 Å². The van der Waals surface area contributed by atoms with E-state index in [1.165, 1.54) is 26.0 Å². The van der Waals surface area contributed by atoms with Gasteiger partial charge >= 0.3 is 0 Å². The molecule has 2 rings (SSSR count). The molecular formula is C18H16BrN3O3S. The fraction of sp³-hybridized carbons (Fsp3) is 0.167. The number of benzene rings is 2. The van der Waals surface area contributed by atoms with Crippen LogP contribution in [0, 0.1) is 11.5 Å². The van der Waals surface area contributed by atoms with Crippen molar-refractivity contribution >= 4 is 44.3 Å². The molecule has 2 aromatic carbocycles. The summed E-state index contributed by atoms with van der Waals surface area (Å²) in [7, 11) is 3.00. The summed E-state index contributed by atoms with van der Waals surface area (Å²) < 4.78 is 11.5. The number of nitrogens with one attached hydrogen (secondary N) is 1. The third-order valence-corrected chi connectivity index (χ3v) is 4.54. The highest BCUT2D eigenvalue weighted by Gasteiger charge is 2.19. The molecule has 8 heteroatoms. The lowest BCUT2D eigenvalue weighted by atomic mass is 10.0. The van der Waals surface area contributed by atoms with Crippen LogP contribution < -0.4 is 14.8 Å². The van der Waals surface area contributed by atoms with Crippen molar-refractivity contribution in [1.29, 1.82) is 5.26 Å². The summed E-state index contributed by atoms with van der Waals surface area (Å²) in [6.45, 7) is 0. The number of halogens is 1. The highest BCUT2D eigenvalue weighted by atomic mass is 79.9. The van der Waals surface area contributed by atoms with Crippen molar-refractivity contribution in [3.63, 3.8) is 0 Å². The van der Waals surface area contributed by atoms with Gasteiger partial charge in [-0.1, -0.05) is 27.7 Å². The molecule has 0 saturated heterocycles. The maximum absolute atomic E-state index is 13.0.